The molecule has 0 saturated carbocycles. The Balaban J connectivity index is 0.000000539. The summed E-state index contributed by atoms with van der Waals surface area (Å²) in [5, 5.41) is 35.6. The molecule has 1 aliphatic rings. The first-order valence-electron chi connectivity index (χ1n) is 26.2. The summed E-state index contributed by atoms with van der Waals surface area (Å²) in [5.41, 5.74) is 13.9. The van der Waals surface area contributed by atoms with Gasteiger partial charge in [-0.1, -0.05) is 100.0 Å². The maximum atomic E-state index is 11.2. The van der Waals surface area contributed by atoms with Gasteiger partial charge in [0.15, 0.2) is 12.6 Å². The molecule has 1 aliphatic heterocycles. The molecular formula is C72H76N5O6P9. The van der Waals surface area contributed by atoms with E-state index < -0.39 is 14.9 Å². The second-order valence-electron chi connectivity index (χ2n) is 18.3. The van der Waals surface area contributed by atoms with E-state index in [9.17, 15) is 24.9 Å². The summed E-state index contributed by atoms with van der Waals surface area (Å²) in [4.78, 5) is 25.3. The van der Waals surface area contributed by atoms with Gasteiger partial charge in [0.05, 0.1) is 34.8 Å². The highest BCUT2D eigenvalue weighted by Gasteiger charge is 2.17. The zero-order valence-electron chi connectivity index (χ0n) is 49.8. The molecule has 10 rings (SSSR count). The fourth-order valence-corrected chi connectivity index (χ4v) is 14.4. The number of hydrogen-bond acceptors (Lipinski definition) is 7. The standard InChI is InChI=1S/C11H14NO2P3.C11H4.C10H12NO2P3.C10H2.C9H12NOP3.C9H9NO.C9H11N.3CH4/c1-7-5-10(14-2)9(6-13)8-3-4-12(11(7)8)17(15)16;1-3-5-7-9-11-10-8-6-4-2;1-6-4-9(13)8(5-12)7-2-3-11(10(6)7)16(14)15;1-3-5-7-9-10-8-6-4-2;1-6-4-8(11)5-7-2-3-10(9(6)7)14(12)13;1-6-4-8(11)5-7-2-3-10-9(6)7;1-7-3-2-4-8-5-6-10-9(7)8;;;/h3-6H,15-16H2,1-2H3;1H,2H3;2-5,13H,14-15H2,1H3;1-2H;2-5,11H,12-13H2,1H3;2-5,10-11H,1H3;2-4,10H,5-6H2,1H3;3*1H4. The topological polar surface area (TPSA) is 147 Å². The van der Waals surface area contributed by atoms with Crippen molar-refractivity contribution in [2.45, 2.75) is 70.2 Å². The zero-order valence-corrected chi connectivity index (χ0v) is 59.4. The van der Waals surface area contributed by atoms with Gasteiger partial charge in [-0.3, -0.25) is 9.59 Å². The lowest BCUT2D eigenvalue weighted by Gasteiger charge is -2.13. The number of H-pyrrole nitrogens is 1. The highest BCUT2D eigenvalue weighted by molar-refractivity contribution is 8.43. The number of nitrogens with zero attached hydrogens (tertiary/aromatic N) is 3. The molecule has 6 unspecified atom stereocenters. The van der Waals surface area contributed by atoms with E-state index in [-0.39, 0.29) is 35.5 Å². The van der Waals surface area contributed by atoms with E-state index in [2.05, 4.69) is 209 Å². The van der Waals surface area contributed by atoms with Crippen LogP contribution in [0.15, 0.2) is 104 Å². The minimum Gasteiger partial charge on any atom is -0.508 e. The van der Waals surface area contributed by atoms with Gasteiger partial charge < -0.3 is 43.4 Å². The van der Waals surface area contributed by atoms with Crippen molar-refractivity contribution >= 4 is 138 Å². The van der Waals surface area contributed by atoms with Crippen LogP contribution in [0.3, 0.4) is 0 Å². The van der Waals surface area contributed by atoms with Gasteiger partial charge in [-0.25, -0.2) is 0 Å². The van der Waals surface area contributed by atoms with Crippen LogP contribution in [0.1, 0.15) is 83.3 Å². The quantitative estimate of drug-likeness (QED) is 0.0633. The number of benzene rings is 5. The summed E-state index contributed by atoms with van der Waals surface area (Å²) < 4.78 is 11.7. The summed E-state index contributed by atoms with van der Waals surface area (Å²) >= 11 is 0. The highest BCUT2D eigenvalue weighted by atomic mass is 32.4. The van der Waals surface area contributed by atoms with Crippen LogP contribution in [0, 0.1) is 155 Å². The largest absolute Gasteiger partial charge is 0.508 e. The lowest BCUT2D eigenvalue weighted by Crippen LogP contribution is -1.94. The average Bonchev–Trinajstić information content (AvgIpc) is 1.61. The van der Waals surface area contributed by atoms with Gasteiger partial charge >= 0.3 is 0 Å². The first-order valence-corrected chi connectivity index (χ1v) is 39.8. The maximum absolute atomic E-state index is 11.2. The average molecular weight is 1390 g/mol. The van der Waals surface area contributed by atoms with Crippen LogP contribution in [0.4, 0.5) is 5.69 Å². The Bertz CT molecular complexity index is 4620. The molecule has 5 heterocycles. The van der Waals surface area contributed by atoms with Gasteiger partial charge in [-0.05, 0) is 237 Å². The second-order valence-corrected chi connectivity index (χ2v) is 36.8. The zero-order chi connectivity index (χ0) is 65.6. The molecule has 0 aliphatic carbocycles. The number of ether oxygens (including phenoxy) is 1. The monoisotopic (exact) mass is 1390 g/mol. The number of rotatable bonds is 6. The van der Waals surface area contributed by atoms with Crippen LogP contribution in [0.25, 0.3) is 43.6 Å². The van der Waals surface area contributed by atoms with Crippen LogP contribution in [-0.2, 0) is 6.42 Å². The van der Waals surface area contributed by atoms with Gasteiger partial charge in [0, 0.05) is 86.4 Å². The maximum Gasteiger partial charge on any atom is 0.154 e. The van der Waals surface area contributed by atoms with E-state index in [4.69, 9.17) is 24.0 Å². The van der Waals surface area contributed by atoms with E-state index in [1.54, 1.807) is 44.4 Å². The number of nitrogens with one attached hydrogen (secondary N) is 2. The Labute approximate surface area is 562 Å². The highest BCUT2D eigenvalue weighted by Crippen LogP contribution is 2.57. The molecule has 20 heteroatoms. The van der Waals surface area contributed by atoms with Crippen molar-refractivity contribution in [2.24, 2.45) is 0 Å². The molecule has 0 spiro atoms. The summed E-state index contributed by atoms with van der Waals surface area (Å²) in [6.45, 7) is 12.9. The molecule has 6 atom stereocenters. The SMILES string of the molecule is C.C.C.C#CC#CC#CC#CC#C.C#CC#CC#CC#CC#CC.COc1cc(C)c2c(ccn2P(P)P)c1C=O.Cc1cc(O)c(C=O)c2ccn(P(P)P)c12.Cc1cc(O)cc2cc[nH]c12.Cc1cc(O)cc2ccn(P(P)P)c12.Cc1cccc2c1NCC2. The predicted octanol–water partition coefficient (Wildman–Crippen LogP) is 17.3. The number of methoxy groups -OCH3 is 1. The third-order valence-corrected chi connectivity index (χ3v) is 19.3. The van der Waals surface area contributed by atoms with Crippen LogP contribution < -0.4 is 10.1 Å². The number of aldehydes is 2. The molecule has 11 nitrogen and oxygen atoms in total. The Morgan fingerprint density at radius 1 is 0.533 bits per heavy atom. The number of fused-ring (bicyclic) bond motifs is 5. The van der Waals surface area contributed by atoms with Gasteiger partial charge in [0.2, 0.25) is 0 Å². The lowest BCUT2D eigenvalue weighted by atomic mass is 10.1. The molecule has 0 amide bonds. The molecule has 0 bridgehead atoms. The molecule has 470 valence electrons. The van der Waals surface area contributed by atoms with Crippen LogP contribution in [-0.4, -0.2) is 59.5 Å². The van der Waals surface area contributed by atoms with Crippen molar-refractivity contribution in [1.82, 2.24) is 18.0 Å². The van der Waals surface area contributed by atoms with E-state index in [0.29, 0.717) is 34.7 Å². The van der Waals surface area contributed by atoms with Crippen LogP contribution in [0.5, 0.6) is 23.0 Å². The first kappa shape index (κ1) is 82.1. The number of aryl methyl sites for hydroxylation is 5. The smallest absolute Gasteiger partial charge is 0.154 e. The molecule has 0 fully saturated rings. The normalized spacial score (nSPS) is 9.40. The number of aromatic hydroxyl groups is 3. The Hall–Kier alpha value is -7.93. The third kappa shape index (κ3) is 24.0. The molecule has 92 heavy (non-hydrogen) atoms. The number of aromatic amines is 1. The minimum atomic E-state index is -0.449. The van der Waals surface area contributed by atoms with Gasteiger partial charge in [0.25, 0.3) is 0 Å². The molecule has 0 radical (unpaired) electrons. The van der Waals surface area contributed by atoms with Crippen molar-refractivity contribution in [2.75, 3.05) is 19.0 Å². The number of para-hydroxylation sites is 1. The van der Waals surface area contributed by atoms with Crippen LogP contribution in [0.2, 0.25) is 0 Å². The number of phenols is 3. The molecular weight excluding hydrogens is 1310 g/mol. The fourth-order valence-electron chi connectivity index (χ4n) is 8.78. The number of anilines is 1. The first-order chi connectivity index (χ1) is 42.7. The van der Waals surface area contributed by atoms with E-state index in [1.165, 1.54) is 28.8 Å². The van der Waals surface area contributed by atoms with Gasteiger partial charge in [0.1, 0.15) is 23.0 Å². The number of phenolic OH excluding ortho intramolecular Hbond substituents is 3. The van der Waals surface area contributed by atoms with Crippen molar-refractivity contribution in [1.29, 1.82) is 0 Å². The Kier molecular flexibility index (Phi) is 38.4. The van der Waals surface area contributed by atoms with Crippen molar-refractivity contribution in [3.63, 3.8) is 0 Å². The summed E-state index contributed by atoms with van der Waals surface area (Å²) in [7, 11) is 17.1. The molecule has 0 saturated heterocycles. The second kappa shape index (κ2) is 43.0. The molecule has 5 N–H and O–H groups in total. The van der Waals surface area contributed by atoms with E-state index in [0.717, 1.165) is 73.2 Å². The number of terminal acetylenes is 3. The van der Waals surface area contributed by atoms with Crippen molar-refractivity contribution < 1.29 is 29.6 Å². The third-order valence-electron chi connectivity index (χ3n) is 12.4. The Morgan fingerprint density at radius 2 is 0.978 bits per heavy atom. The minimum absolute atomic E-state index is 0. The number of carbonyl (C=O) groups is 2. The van der Waals surface area contributed by atoms with E-state index >= 15 is 0 Å². The lowest BCUT2D eigenvalue weighted by molar-refractivity contribution is 0.111. The van der Waals surface area contributed by atoms with Crippen molar-refractivity contribution in [3.8, 4) is 143 Å². The number of carbonyl (C=O) groups excluding carboxylic acids is 2. The molecule has 9 aromatic rings. The number of aromatic nitrogens is 4. The molecule has 4 aromatic heterocycles. The van der Waals surface area contributed by atoms with E-state index in [1.807, 2.05) is 76.6 Å². The van der Waals surface area contributed by atoms with Gasteiger partial charge in [-0.15, -0.1) is 19.3 Å². The summed E-state index contributed by atoms with van der Waals surface area (Å²) in [5.74, 6) is 41.7. The molecule has 5 aromatic carbocycles. The van der Waals surface area contributed by atoms with Crippen molar-refractivity contribution in [3.05, 3.63) is 148 Å². The number of hydrogen-bond donors (Lipinski definition) is 5. The summed E-state index contributed by atoms with van der Waals surface area (Å²) in [6, 6.07) is 24.9. The Morgan fingerprint density at radius 3 is 1.46 bits per heavy atom. The summed E-state index contributed by atoms with van der Waals surface area (Å²) in [6.07, 6.45) is 25.1. The fraction of sp³-hybridized carbons (Fsp3) is 0.167. The van der Waals surface area contributed by atoms with Crippen LogP contribution >= 0.6 is 75.9 Å². The van der Waals surface area contributed by atoms with Gasteiger partial charge in [-0.2, -0.15) is 0 Å². The predicted molar refractivity (Wildman–Crippen MR) is 421 cm³/mol.